The largest absolute Gasteiger partial charge is 0.325 e. The molecule has 0 bridgehead atoms. The van der Waals surface area contributed by atoms with Crippen LogP contribution in [0.5, 0.6) is 0 Å². The first-order valence-corrected chi connectivity index (χ1v) is 10.4. The first-order valence-electron chi connectivity index (χ1n) is 8.19. The third-order valence-electron chi connectivity index (χ3n) is 4.73. The lowest BCUT2D eigenvalue weighted by molar-refractivity contribution is -0.132. The van der Waals surface area contributed by atoms with E-state index in [1.165, 1.54) is 9.78 Å². The molecule has 1 spiro atoms. The monoisotopic (exact) mass is 392 g/mol. The Balaban J connectivity index is 1.46. The highest BCUT2D eigenvalue weighted by Gasteiger charge is 2.54. The van der Waals surface area contributed by atoms with Crippen molar-refractivity contribution < 1.29 is 9.59 Å². The molecule has 1 aliphatic heterocycles. The van der Waals surface area contributed by atoms with Crippen molar-refractivity contribution >= 4 is 46.6 Å². The molecule has 2 aromatic rings. The van der Waals surface area contributed by atoms with Gasteiger partial charge in [-0.25, -0.2) is 4.79 Å². The van der Waals surface area contributed by atoms with Gasteiger partial charge < -0.3 is 5.32 Å². The Morgan fingerprint density at radius 1 is 1.24 bits per heavy atom. The maximum absolute atomic E-state index is 13.1. The van der Waals surface area contributed by atoms with Crippen LogP contribution >= 0.6 is 34.7 Å². The van der Waals surface area contributed by atoms with Crippen molar-refractivity contribution in [3.05, 3.63) is 51.2 Å². The molecule has 7 heteroatoms. The molecule has 1 N–H and O–H groups in total. The minimum Gasteiger partial charge on any atom is -0.319 e. The summed E-state index contributed by atoms with van der Waals surface area (Å²) in [5.74, 6) is 0.557. The Kier molecular flexibility index (Phi) is 4.52. The van der Waals surface area contributed by atoms with Crippen molar-refractivity contribution in [1.29, 1.82) is 0 Å². The van der Waals surface area contributed by atoms with Crippen LogP contribution in [0, 0.1) is 0 Å². The summed E-state index contributed by atoms with van der Waals surface area (Å²) < 4.78 is 0. The molecule has 4 rings (SSSR count). The maximum Gasteiger partial charge on any atom is 0.325 e. The number of thioether (sulfide) groups is 1. The van der Waals surface area contributed by atoms with E-state index in [1.807, 2.05) is 35.7 Å². The van der Waals surface area contributed by atoms with Crippen molar-refractivity contribution in [3.63, 3.8) is 0 Å². The minimum atomic E-state index is -0.838. The first-order chi connectivity index (χ1) is 12.1. The number of nitrogens with one attached hydrogen (secondary N) is 1. The molecule has 4 nitrogen and oxygen atoms in total. The van der Waals surface area contributed by atoms with Gasteiger partial charge in [-0.05, 0) is 55.0 Å². The molecule has 1 atom stereocenters. The summed E-state index contributed by atoms with van der Waals surface area (Å²) >= 11 is 9.17. The van der Waals surface area contributed by atoms with Crippen molar-refractivity contribution in [1.82, 2.24) is 10.2 Å². The van der Waals surface area contributed by atoms with E-state index >= 15 is 0 Å². The fraction of sp³-hybridized carbons (Fsp3) is 0.333. The highest BCUT2D eigenvalue weighted by atomic mass is 35.5. The number of rotatable bonds is 4. The standard InChI is InChI=1S/C18H17ClN2O2S2/c19-12-3-5-13(6-4-12)24-11-9-21-16(22)18(20-17(21)23)8-1-2-15-14(18)7-10-25-15/h3-7,10H,1-2,8-9,11H2,(H,20,23)/t18-/m0/s1. The van der Waals surface area contributed by atoms with Gasteiger partial charge in [0.2, 0.25) is 0 Å². The van der Waals surface area contributed by atoms with Crippen LogP contribution in [0.4, 0.5) is 4.79 Å². The molecule has 1 aliphatic carbocycles. The lowest BCUT2D eigenvalue weighted by Gasteiger charge is -2.31. The lowest BCUT2D eigenvalue weighted by Crippen LogP contribution is -2.46. The number of carbonyl (C=O) groups excluding carboxylic acids is 2. The maximum atomic E-state index is 13.1. The number of aryl methyl sites for hydroxylation is 1. The number of carbonyl (C=O) groups is 2. The van der Waals surface area contributed by atoms with Crippen molar-refractivity contribution in [2.24, 2.45) is 0 Å². The molecule has 0 radical (unpaired) electrons. The minimum absolute atomic E-state index is 0.103. The predicted octanol–water partition coefficient (Wildman–Crippen LogP) is 4.28. The molecule has 3 amide bonds. The first kappa shape index (κ1) is 16.9. The quantitative estimate of drug-likeness (QED) is 0.624. The number of hydrogen-bond donors (Lipinski definition) is 1. The molecule has 1 aromatic heterocycles. The van der Waals surface area contributed by atoms with Crippen molar-refractivity contribution in [2.75, 3.05) is 12.3 Å². The molecule has 0 unspecified atom stereocenters. The third-order valence-corrected chi connectivity index (χ3v) is 6.96. The summed E-state index contributed by atoms with van der Waals surface area (Å²) in [4.78, 5) is 29.2. The molecule has 1 saturated heterocycles. The van der Waals surface area contributed by atoms with Gasteiger partial charge in [0.05, 0.1) is 0 Å². The van der Waals surface area contributed by atoms with Gasteiger partial charge in [-0.3, -0.25) is 9.69 Å². The van der Waals surface area contributed by atoms with E-state index in [0.717, 1.165) is 23.3 Å². The van der Waals surface area contributed by atoms with Crippen molar-refractivity contribution in [2.45, 2.75) is 29.7 Å². The summed E-state index contributed by atoms with van der Waals surface area (Å²) in [6, 6.07) is 9.28. The molecule has 2 heterocycles. The number of imide groups is 1. The molecule has 130 valence electrons. The summed E-state index contributed by atoms with van der Waals surface area (Å²) in [7, 11) is 0. The number of benzene rings is 1. The van der Waals surface area contributed by atoms with Gasteiger partial charge in [0, 0.05) is 32.7 Å². The van der Waals surface area contributed by atoms with Crippen LogP contribution in [0.1, 0.15) is 23.3 Å². The SMILES string of the molecule is O=C1N[C@]2(CCCc3sccc32)C(=O)N1CCSc1ccc(Cl)cc1. The van der Waals surface area contributed by atoms with E-state index in [2.05, 4.69) is 5.32 Å². The van der Waals surface area contributed by atoms with Crippen molar-refractivity contribution in [3.8, 4) is 0 Å². The third kappa shape index (κ3) is 2.96. The zero-order valence-electron chi connectivity index (χ0n) is 13.5. The average Bonchev–Trinajstić information content (AvgIpc) is 3.17. The molecule has 1 fully saturated rings. The normalized spacial score (nSPS) is 22.4. The Bertz CT molecular complexity index is 821. The van der Waals surface area contributed by atoms with E-state index in [-0.39, 0.29) is 11.9 Å². The summed E-state index contributed by atoms with van der Waals surface area (Å²) in [5.41, 5.74) is 0.158. The second kappa shape index (κ2) is 6.67. The molecule has 2 aliphatic rings. The molecule has 1 aromatic carbocycles. The highest BCUT2D eigenvalue weighted by molar-refractivity contribution is 7.99. The van der Waals surface area contributed by atoms with Gasteiger partial charge in [-0.15, -0.1) is 23.1 Å². The van der Waals surface area contributed by atoms with E-state index < -0.39 is 5.54 Å². The number of hydrogen-bond acceptors (Lipinski definition) is 4. The average molecular weight is 393 g/mol. The number of amides is 3. The molecular formula is C18H17ClN2O2S2. The van der Waals surface area contributed by atoms with Crippen LogP contribution in [0.25, 0.3) is 0 Å². The van der Waals surface area contributed by atoms with Gasteiger partial charge in [0.1, 0.15) is 5.54 Å². The lowest BCUT2D eigenvalue weighted by atomic mass is 9.80. The molecular weight excluding hydrogens is 376 g/mol. The summed E-state index contributed by atoms with van der Waals surface area (Å²) in [5, 5.41) is 5.69. The van der Waals surface area contributed by atoms with Crippen LogP contribution in [0.15, 0.2) is 40.6 Å². The number of fused-ring (bicyclic) bond motifs is 2. The van der Waals surface area contributed by atoms with Crippen LogP contribution in [-0.2, 0) is 16.8 Å². The van der Waals surface area contributed by atoms with E-state index in [0.29, 0.717) is 23.7 Å². The van der Waals surface area contributed by atoms with Crippen LogP contribution in [0.3, 0.4) is 0 Å². The van der Waals surface area contributed by atoms with E-state index in [4.69, 9.17) is 11.6 Å². The Morgan fingerprint density at radius 3 is 2.84 bits per heavy atom. The number of urea groups is 1. The van der Waals surface area contributed by atoms with Crippen LogP contribution in [-0.4, -0.2) is 29.1 Å². The Labute approximate surface area is 159 Å². The highest BCUT2D eigenvalue weighted by Crippen LogP contribution is 2.42. The van der Waals surface area contributed by atoms with Gasteiger partial charge in [-0.2, -0.15) is 0 Å². The van der Waals surface area contributed by atoms with E-state index in [1.54, 1.807) is 23.1 Å². The molecule has 0 saturated carbocycles. The second-order valence-corrected chi connectivity index (χ2v) is 8.81. The topological polar surface area (TPSA) is 49.4 Å². The van der Waals surface area contributed by atoms with Gasteiger partial charge in [0.15, 0.2) is 0 Å². The van der Waals surface area contributed by atoms with Crippen LogP contribution < -0.4 is 5.32 Å². The van der Waals surface area contributed by atoms with Gasteiger partial charge in [-0.1, -0.05) is 11.6 Å². The van der Waals surface area contributed by atoms with Gasteiger partial charge >= 0.3 is 6.03 Å². The zero-order valence-corrected chi connectivity index (χ0v) is 15.8. The predicted molar refractivity (Wildman–Crippen MR) is 101 cm³/mol. The Hall–Kier alpha value is -1.50. The van der Waals surface area contributed by atoms with E-state index in [9.17, 15) is 9.59 Å². The zero-order chi connectivity index (χ0) is 17.4. The summed E-state index contributed by atoms with van der Waals surface area (Å²) in [6.45, 7) is 0.402. The number of thiophene rings is 1. The molecule has 25 heavy (non-hydrogen) atoms. The fourth-order valence-corrected chi connectivity index (χ4v) is 5.49. The summed E-state index contributed by atoms with van der Waals surface area (Å²) in [6.07, 6.45) is 2.60. The number of halogens is 1. The van der Waals surface area contributed by atoms with Gasteiger partial charge in [0.25, 0.3) is 5.91 Å². The Morgan fingerprint density at radius 2 is 2.04 bits per heavy atom. The smallest absolute Gasteiger partial charge is 0.319 e. The fourth-order valence-electron chi connectivity index (χ4n) is 3.53. The van der Waals surface area contributed by atoms with Crippen LogP contribution in [0.2, 0.25) is 5.02 Å². The number of nitrogens with zero attached hydrogens (tertiary/aromatic N) is 1. The second-order valence-electron chi connectivity index (χ2n) is 6.21.